The number of aromatic nitrogens is 1. The standard InChI is InChI=1S/C24H24N2O2S3/c1-13-5-2-3-6-16(13)25-18(27)12-26-23-22(31-24(26)28)20(17-7-4-10-29-17)19-14-8-9-15(11-14)21(19)30-23/h2-7,10,14-15,19-21H,8-9,11-12H2,1H3,(H,25,27)/t14?,15?,19?,20-,21?/m0/s1. The number of aryl methyl sites for hydroxylation is 1. The molecule has 2 saturated carbocycles. The molecule has 1 N–H and O–H groups in total. The minimum absolute atomic E-state index is 0.00805. The molecular formula is C24H24N2O2S3. The van der Waals surface area contributed by atoms with E-state index in [1.165, 1.54) is 40.4 Å². The van der Waals surface area contributed by atoms with E-state index in [0.29, 0.717) is 17.1 Å². The number of rotatable bonds is 4. The maximum Gasteiger partial charge on any atom is 0.308 e. The van der Waals surface area contributed by atoms with Crippen molar-refractivity contribution in [2.75, 3.05) is 5.32 Å². The number of carbonyl (C=O) groups excluding carboxylic acids is 1. The summed E-state index contributed by atoms with van der Waals surface area (Å²) in [5, 5.41) is 6.75. The van der Waals surface area contributed by atoms with Gasteiger partial charge in [-0.3, -0.25) is 14.2 Å². The lowest BCUT2D eigenvalue weighted by Crippen LogP contribution is -2.34. The smallest absolute Gasteiger partial charge is 0.308 e. The molecule has 4 unspecified atom stereocenters. The molecule has 3 heterocycles. The summed E-state index contributed by atoms with van der Waals surface area (Å²) in [5.74, 6) is 2.33. The van der Waals surface area contributed by atoms with Gasteiger partial charge in [0.1, 0.15) is 6.54 Å². The largest absolute Gasteiger partial charge is 0.324 e. The average Bonchev–Trinajstić information content (AvgIpc) is 3.54. The molecule has 3 aromatic rings. The van der Waals surface area contributed by atoms with E-state index >= 15 is 0 Å². The second-order valence-electron chi connectivity index (χ2n) is 8.97. The number of para-hydroxylation sites is 1. The highest BCUT2D eigenvalue weighted by Crippen LogP contribution is 2.64. The highest BCUT2D eigenvalue weighted by molar-refractivity contribution is 8.00. The van der Waals surface area contributed by atoms with Crippen LogP contribution >= 0.6 is 34.4 Å². The van der Waals surface area contributed by atoms with Gasteiger partial charge in [-0.25, -0.2) is 0 Å². The third kappa shape index (κ3) is 3.24. The van der Waals surface area contributed by atoms with Crippen molar-refractivity contribution in [2.24, 2.45) is 17.8 Å². The normalized spacial score (nSPS) is 28.4. The van der Waals surface area contributed by atoms with Crippen LogP contribution in [-0.2, 0) is 11.3 Å². The van der Waals surface area contributed by atoms with E-state index in [1.807, 2.05) is 54.3 Å². The predicted molar refractivity (Wildman–Crippen MR) is 129 cm³/mol. The molecule has 4 nitrogen and oxygen atoms in total. The SMILES string of the molecule is Cc1ccccc1NC(=O)Cn1c2c(sc1=O)[C@@H](c1cccs1)C1C3CCC(C3)C1S2. The number of hydrogen-bond acceptors (Lipinski definition) is 5. The van der Waals surface area contributed by atoms with Crippen LogP contribution < -0.4 is 10.2 Å². The van der Waals surface area contributed by atoms with E-state index in [1.54, 1.807) is 4.57 Å². The molecule has 6 rings (SSSR count). The Hall–Kier alpha value is -1.83. The molecule has 5 atom stereocenters. The van der Waals surface area contributed by atoms with Gasteiger partial charge >= 0.3 is 4.87 Å². The van der Waals surface area contributed by atoms with Crippen molar-refractivity contribution < 1.29 is 4.79 Å². The Bertz CT molecular complexity index is 1200. The molecular weight excluding hydrogens is 444 g/mol. The minimum atomic E-state index is -0.139. The molecule has 160 valence electrons. The van der Waals surface area contributed by atoms with E-state index in [9.17, 15) is 9.59 Å². The Morgan fingerprint density at radius 1 is 1.16 bits per heavy atom. The van der Waals surface area contributed by atoms with Crippen LogP contribution in [0.1, 0.15) is 40.5 Å². The van der Waals surface area contributed by atoms with Gasteiger partial charge in [0, 0.05) is 26.6 Å². The molecule has 1 aliphatic heterocycles. The van der Waals surface area contributed by atoms with Gasteiger partial charge in [-0.15, -0.1) is 23.1 Å². The molecule has 2 fully saturated rings. The van der Waals surface area contributed by atoms with Gasteiger partial charge < -0.3 is 5.32 Å². The first-order valence-electron chi connectivity index (χ1n) is 10.9. The van der Waals surface area contributed by atoms with E-state index in [0.717, 1.165) is 28.1 Å². The molecule has 7 heteroatoms. The summed E-state index contributed by atoms with van der Waals surface area (Å²) in [7, 11) is 0. The molecule has 3 aliphatic rings. The zero-order valence-corrected chi connectivity index (χ0v) is 19.7. The van der Waals surface area contributed by atoms with Crippen LogP contribution in [0.3, 0.4) is 0 Å². The van der Waals surface area contributed by atoms with Gasteiger partial charge in [0.15, 0.2) is 0 Å². The quantitative estimate of drug-likeness (QED) is 0.545. The number of benzene rings is 1. The fraction of sp³-hybridized carbons (Fsp3) is 0.417. The highest BCUT2D eigenvalue weighted by Gasteiger charge is 2.55. The lowest BCUT2D eigenvalue weighted by atomic mass is 9.77. The van der Waals surface area contributed by atoms with Gasteiger partial charge in [0.25, 0.3) is 0 Å². The number of thiophene rings is 1. The number of thiazole rings is 1. The van der Waals surface area contributed by atoms with Gasteiger partial charge in [-0.2, -0.15) is 0 Å². The first kappa shape index (κ1) is 19.8. The number of fused-ring (bicyclic) bond motifs is 6. The molecule has 1 amide bonds. The third-order valence-corrected chi connectivity index (χ3v) is 11.0. The highest BCUT2D eigenvalue weighted by atomic mass is 32.2. The second kappa shape index (κ2) is 7.64. The lowest BCUT2D eigenvalue weighted by Gasteiger charge is -2.40. The Morgan fingerprint density at radius 2 is 2.00 bits per heavy atom. The second-order valence-corrected chi connectivity index (χ2v) is 12.1. The first-order valence-corrected chi connectivity index (χ1v) is 13.5. The summed E-state index contributed by atoms with van der Waals surface area (Å²) in [6.07, 6.45) is 3.97. The van der Waals surface area contributed by atoms with Gasteiger partial charge in [-0.1, -0.05) is 35.6 Å². The fourth-order valence-corrected chi connectivity index (χ4v) is 10.0. The van der Waals surface area contributed by atoms with E-state index in [2.05, 4.69) is 22.8 Å². The summed E-state index contributed by atoms with van der Waals surface area (Å²) in [6, 6.07) is 12.1. The Morgan fingerprint density at radius 3 is 2.81 bits per heavy atom. The van der Waals surface area contributed by atoms with Crippen LogP contribution in [0.5, 0.6) is 0 Å². The van der Waals surface area contributed by atoms with Crippen molar-refractivity contribution in [1.82, 2.24) is 4.57 Å². The van der Waals surface area contributed by atoms with Crippen molar-refractivity contribution >= 4 is 46.0 Å². The van der Waals surface area contributed by atoms with E-state index < -0.39 is 0 Å². The Kier molecular flexibility index (Phi) is 4.89. The van der Waals surface area contributed by atoms with Crippen molar-refractivity contribution in [3.05, 3.63) is 66.8 Å². The predicted octanol–water partition coefficient (Wildman–Crippen LogP) is 5.57. The molecule has 2 aliphatic carbocycles. The molecule has 0 radical (unpaired) electrons. The average molecular weight is 469 g/mol. The molecule has 0 saturated heterocycles. The number of nitrogens with one attached hydrogen (secondary N) is 1. The first-order chi connectivity index (χ1) is 15.1. The molecule has 31 heavy (non-hydrogen) atoms. The van der Waals surface area contributed by atoms with E-state index in [4.69, 9.17) is 0 Å². The van der Waals surface area contributed by atoms with Crippen molar-refractivity contribution in [1.29, 1.82) is 0 Å². The summed E-state index contributed by atoms with van der Waals surface area (Å²) < 4.78 is 1.74. The third-order valence-electron chi connectivity index (χ3n) is 7.26. The monoisotopic (exact) mass is 468 g/mol. The number of amides is 1. The van der Waals surface area contributed by atoms with Gasteiger partial charge in [0.05, 0.1) is 5.03 Å². The van der Waals surface area contributed by atoms with Crippen molar-refractivity contribution in [3.8, 4) is 0 Å². The van der Waals surface area contributed by atoms with Crippen molar-refractivity contribution in [3.63, 3.8) is 0 Å². The van der Waals surface area contributed by atoms with Crippen LogP contribution in [0, 0.1) is 24.7 Å². The minimum Gasteiger partial charge on any atom is -0.324 e. The van der Waals surface area contributed by atoms with Gasteiger partial charge in [0.2, 0.25) is 5.91 Å². The molecule has 0 spiro atoms. The number of anilines is 1. The maximum atomic E-state index is 13.1. The summed E-state index contributed by atoms with van der Waals surface area (Å²) in [6.45, 7) is 2.06. The topological polar surface area (TPSA) is 51.1 Å². The van der Waals surface area contributed by atoms with Crippen molar-refractivity contribution in [2.45, 2.75) is 48.9 Å². The number of hydrogen-bond donors (Lipinski definition) is 1. The summed E-state index contributed by atoms with van der Waals surface area (Å²) in [5.41, 5.74) is 1.83. The van der Waals surface area contributed by atoms with Crippen LogP contribution in [0.15, 0.2) is 51.6 Å². The van der Waals surface area contributed by atoms with Gasteiger partial charge in [-0.05, 0) is 67.0 Å². The maximum absolute atomic E-state index is 13.1. The number of nitrogens with zero attached hydrogens (tertiary/aromatic N) is 1. The zero-order valence-electron chi connectivity index (χ0n) is 17.2. The molecule has 2 aromatic heterocycles. The summed E-state index contributed by atoms with van der Waals surface area (Å²) in [4.78, 5) is 28.5. The van der Waals surface area contributed by atoms with Crippen LogP contribution in [0.25, 0.3) is 0 Å². The van der Waals surface area contributed by atoms with Crippen LogP contribution in [0.2, 0.25) is 0 Å². The number of thioether (sulfide) groups is 1. The van der Waals surface area contributed by atoms with Crippen LogP contribution in [-0.4, -0.2) is 15.7 Å². The fourth-order valence-electron chi connectivity index (χ4n) is 5.92. The Labute approximate surface area is 193 Å². The van der Waals surface area contributed by atoms with E-state index in [-0.39, 0.29) is 17.3 Å². The molecule has 1 aromatic carbocycles. The molecule has 2 bridgehead atoms. The Balaban J connectivity index is 1.36. The number of carbonyl (C=O) groups is 1. The lowest BCUT2D eigenvalue weighted by molar-refractivity contribution is -0.116. The zero-order chi connectivity index (χ0) is 21.1. The van der Waals surface area contributed by atoms with Crippen LogP contribution in [0.4, 0.5) is 5.69 Å². The summed E-state index contributed by atoms with van der Waals surface area (Å²) >= 11 is 5.06.